The lowest BCUT2D eigenvalue weighted by atomic mass is 9.73. The largest absolute Gasteiger partial charge is 0.433 e. The van der Waals surface area contributed by atoms with Crippen molar-refractivity contribution in [1.82, 2.24) is 14.9 Å². The fourth-order valence-corrected chi connectivity index (χ4v) is 5.46. The van der Waals surface area contributed by atoms with Gasteiger partial charge < -0.3 is 9.80 Å². The molecule has 0 spiro atoms. The molecule has 2 aromatic rings. The van der Waals surface area contributed by atoms with E-state index < -0.39 is 11.9 Å². The summed E-state index contributed by atoms with van der Waals surface area (Å²) in [6.45, 7) is 9.02. The zero-order chi connectivity index (χ0) is 23.5. The molecule has 176 valence electrons. The molecule has 33 heavy (non-hydrogen) atoms. The summed E-state index contributed by atoms with van der Waals surface area (Å²) in [7, 11) is 0. The Labute approximate surface area is 192 Å². The van der Waals surface area contributed by atoms with Gasteiger partial charge in [-0.1, -0.05) is 13.8 Å². The van der Waals surface area contributed by atoms with Crippen molar-refractivity contribution in [2.24, 2.45) is 11.3 Å². The minimum Gasteiger partial charge on any atom is -0.371 e. The molecule has 0 unspecified atom stereocenters. The number of nitrogens with zero attached hydrogens (tertiary/aromatic N) is 4. The monoisotopic (exact) mass is 458 g/mol. The fraction of sp³-hybridized carbons (Fsp3) is 0.560. The first-order valence-corrected chi connectivity index (χ1v) is 11.6. The van der Waals surface area contributed by atoms with E-state index in [0.717, 1.165) is 36.7 Å². The van der Waals surface area contributed by atoms with Crippen molar-refractivity contribution in [2.45, 2.75) is 65.7 Å². The first-order chi connectivity index (χ1) is 15.5. The SMILES string of the molecule is Cc1nc2c(c3c1CC(C)(C)CC3)CN(C(=O)CC1CN(c3ccnc(C(F)(F)F)c3)C1)C2. The Morgan fingerprint density at radius 1 is 1.18 bits per heavy atom. The second kappa shape index (κ2) is 7.71. The normalized spacial score (nSPS) is 19.8. The fourth-order valence-electron chi connectivity index (χ4n) is 5.46. The van der Waals surface area contributed by atoms with Gasteiger partial charge in [-0.15, -0.1) is 0 Å². The standard InChI is InChI=1S/C25H29F3N4O/c1-15-19-10-24(2,3)6-4-18(19)20-13-32(14-21(20)30-15)23(33)8-16-11-31(12-16)17-5-7-29-22(9-17)25(26,27)28/h5,7,9,16H,4,6,8,10-14H2,1-3H3. The molecule has 1 saturated heterocycles. The summed E-state index contributed by atoms with van der Waals surface area (Å²) in [6.07, 6.45) is 0.366. The number of amides is 1. The molecular weight excluding hydrogens is 429 g/mol. The molecule has 1 amide bonds. The average molecular weight is 459 g/mol. The number of rotatable bonds is 3. The van der Waals surface area contributed by atoms with E-state index in [-0.39, 0.29) is 17.2 Å². The van der Waals surface area contributed by atoms with Gasteiger partial charge >= 0.3 is 6.18 Å². The molecule has 0 saturated carbocycles. The van der Waals surface area contributed by atoms with E-state index in [1.165, 1.54) is 22.9 Å². The van der Waals surface area contributed by atoms with Crippen LogP contribution in [0.4, 0.5) is 18.9 Å². The van der Waals surface area contributed by atoms with Gasteiger partial charge in [-0.25, -0.2) is 0 Å². The van der Waals surface area contributed by atoms with E-state index in [9.17, 15) is 18.0 Å². The lowest BCUT2D eigenvalue weighted by Crippen LogP contribution is -2.48. The third-order valence-corrected chi connectivity index (χ3v) is 7.39. The van der Waals surface area contributed by atoms with Gasteiger partial charge in [-0.3, -0.25) is 14.8 Å². The Balaban J connectivity index is 1.21. The van der Waals surface area contributed by atoms with E-state index in [1.807, 2.05) is 9.80 Å². The van der Waals surface area contributed by atoms with Crippen LogP contribution in [0.2, 0.25) is 0 Å². The van der Waals surface area contributed by atoms with Gasteiger partial charge in [0.25, 0.3) is 0 Å². The predicted octanol–water partition coefficient (Wildman–Crippen LogP) is 4.69. The number of aromatic nitrogens is 2. The van der Waals surface area contributed by atoms with E-state index in [0.29, 0.717) is 38.3 Å². The Hall–Kier alpha value is -2.64. The van der Waals surface area contributed by atoms with Crippen LogP contribution in [-0.2, 0) is 36.9 Å². The van der Waals surface area contributed by atoms with E-state index in [1.54, 1.807) is 6.07 Å². The van der Waals surface area contributed by atoms with Gasteiger partial charge in [0.1, 0.15) is 5.69 Å². The van der Waals surface area contributed by atoms with Gasteiger partial charge in [-0.05, 0) is 60.4 Å². The second-order valence-electron chi connectivity index (χ2n) is 10.5. The lowest BCUT2D eigenvalue weighted by molar-refractivity contribution is -0.141. The minimum absolute atomic E-state index is 0.103. The van der Waals surface area contributed by atoms with Gasteiger partial charge in [0.15, 0.2) is 0 Å². The van der Waals surface area contributed by atoms with Crippen LogP contribution in [0.5, 0.6) is 0 Å². The molecule has 5 nitrogen and oxygen atoms in total. The molecule has 0 atom stereocenters. The number of pyridine rings is 2. The number of fused-ring (bicyclic) bond motifs is 3. The quantitative estimate of drug-likeness (QED) is 0.670. The highest BCUT2D eigenvalue weighted by atomic mass is 19.4. The van der Waals surface area contributed by atoms with Crippen molar-refractivity contribution in [3.05, 3.63) is 52.1 Å². The van der Waals surface area contributed by atoms with Gasteiger partial charge in [0.05, 0.1) is 12.2 Å². The number of carbonyl (C=O) groups excluding carboxylic acids is 1. The summed E-state index contributed by atoms with van der Waals surface area (Å²) in [5.41, 5.74) is 6.04. The van der Waals surface area contributed by atoms with Crippen molar-refractivity contribution < 1.29 is 18.0 Å². The summed E-state index contributed by atoms with van der Waals surface area (Å²) in [6, 6.07) is 2.66. The smallest absolute Gasteiger partial charge is 0.371 e. The molecule has 8 heteroatoms. The number of halogens is 3. The highest BCUT2D eigenvalue weighted by Crippen LogP contribution is 2.40. The number of anilines is 1. The summed E-state index contributed by atoms with van der Waals surface area (Å²) in [5.74, 6) is 0.249. The molecule has 4 heterocycles. The first-order valence-electron chi connectivity index (χ1n) is 11.6. The zero-order valence-electron chi connectivity index (χ0n) is 19.3. The molecular formula is C25H29F3N4O. The van der Waals surface area contributed by atoms with E-state index in [4.69, 9.17) is 4.98 Å². The van der Waals surface area contributed by atoms with E-state index in [2.05, 4.69) is 25.8 Å². The molecule has 1 fully saturated rings. The third-order valence-electron chi connectivity index (χ3n) is 7.39. The van der Waals surface area contributed by atoms with Crippen molar-refractivity contribution in [3.8, 4) is 0 Å². The molecule has 2 aliphatic heterocycles. The maximum atomic E-state index is 13.0. The van der Waals surface area contributed by atoms with Crippen LogP contribution in [0.3, 0.4) is 0 Å². The molecule has 0 aromatic carbocycles. The molecule has 0 N–H and O–H groups in total. The predicted molar refractivity (Wildman–Crippen MR) is 119 cm³/mol. The number of carbonyl (C=O) groups is 1. The Bertz CT molecular complexity index is 1110. The summed E-state index contributed by atoms with van der Waals surface area (Å²) in [5, 5.41) is 0. The van der Waals surface area contributed by atoms with Crippen LogP contribution in [0.1, 0.15) is 60.5 Å². The second-order valence-corrected chi connectivity index (χ2v) is 10.5. The molecule has 1 aliphatic carbocycles. The van der Waals surface area contributed by atoms with Crippen molar-refractivity contribution in [1.29, 1.82) is 0 Å². The molecule has 0 radical (unpaired) electrons. The summed E-state index contributed by atoms with van der Waals surface area (Å²) in [4.78, 5) is 25.1. The number of aryl methyl sites for hydroxylation is 1. The van der Waals surface area contributed by atoms with E-state index >= 15 is 0 Å². The van der Waals surface area contributed by atoms with Crippen LogP contribution < -0.4 is 4.90 Å². The molecule has 0 bridgehead atoms. The maximum Gasteiger partial charge on any atom is 0.433 e. The van der Waals surface area contributed by atoms with Gasteiger partial charge in [0, 0.05) is 49.6 Å². The number of hydrogen-bond acceptors (Lipinski definition) is 4. The Kier molecular flexibility index (Phi) is 5.18. The summed E-state index contributed by atoms with van der Waals surface area (Å²) >= 11 is 0. The van der Waals surface area contributed by atoms with Crippen LogP contribution in [0.25, 0.3) is 0 Å². The summed E-state index contributed by atoms with van der Waals surface area (Å²) < 4.78 is 38.8. The van der Waals surface area contributed by atoms with Crippen LogP contribution >= 0.6 is 0 Å². The van der Waals surface area contributed by atoms with Crippen molar-refractivity contribution >= 4 is 11.6 Å². The van der Waals surface area contributed by atoms with Crippen LogP contribution in [-0.4, -0.2) is 33.9 Å². The number of alkyl halides is 3. The van der Waals surface area contributed by atoms with Crippen LogP contribution in [0, 0.1) is 18.3 Å². The Morgan fingerprint density at radius 3 is 2.67 bits per heavy atom. The van der Waals surface area contributed by atoms with Gasteiger partial charge in [0.2, 0.25) is 5.91 Å². The Morgan fingerprint density at radius 2 is 1.94 bits per heavy atom. The minimum atomic E-state index is -4.46. The lowest BCUT2D eigenvalue weighted by Gasteiger charge is -2.41. The number of hydrogen-bond donors (Lipinski definition) is 0. The van der Waals surface area contributed by atoms with Crippen molar-refractivity contribution in [3.63, 3.8) is 0 Å². The van der Waals surface area contributed by atoms with Crippen molar-refractivity contribution in [2.75, 3.05) is 18.0 Å². The third kappa shape index (κ3) is 4.20. The topological polar surface area (TPSA) is 49.3 Å². The van der Waals surface area contributed by atoms with Gasteiger partial charge in [-0.2, -0.15) is 13.2 Å². The zero-order valence-corrected chi connectivity index (χ0v) is 19.3. The highest BCUT2D eigenvalue weighted by molar-refractivity contribution is 5.78. The first kappa shape index (κ1) is 22.2. The molecule has 3 aliphatic rings. The molecule has 2 aromatic heterocycles. The maximum absolute atomic E-state index is 13.0. The van der Waals surface area contributed by atoms with Crippen LogP contribution in [0.15, 0.2) is 18.3 Å². The highest BCUT2D eigenvalue weighted by Gasteiger charge is 2.37. The molecule has 5 rings (SSSR count). The average Bonchev–Trinajstić information content (AvgIpc) is 3.13.